The molecule has 1 aliphatic heterocycles. The van der Waals surface area contributed by atoms with Gasteiger partial charge >= 0.3 is 6.18 Å². The Morgan fingerprint density at radius 3 is 2.54 bits per heavy atom. The number of likely N-dealkylation sites (tertiary alicyclic amines) is 1. The smallest absolute Gasteiger partial charge is 0.340 e. The van der Waals surface area contributed by atoms with Crippen LogP contribution in [0.4, 0.5) is 24.7 Å². The molecule has 1 aromatic heterocycles. The Morgan fingerprint density at radius 1 is 1.19 bits per heavy atom. The van der Waals surface area contributed by atoms with Crippen molar-refractivity contribution < 1.29 is 18.0 Å². The lowest BCUT2D eigenvalue weighted by atomic mass is 10.1. The molecule has 0 radical (unpaired) electrons. The Kier molecular flexibility index (Phi) is 5.04. The van der Waals surface area contributed by atoms with E-state index < -0.39 is 11.7 Å². The Labute approximate surface area is 153 Å². The number of carbonyl (C=O) groups is 1. The maximum Gasteiger partial charge on any atom is 0.418 e. The van der Waals surface area contributed by atoms with Crippen LogP contribution in [-0.4, -0.2) is 33.9 Å². The van der Waals surface area contributed by atoms with Gasteiger partial charge in [-0.2, -0.15) is 13.2 Å². The SMILES string of the molecule is Cc1nc(Nc2ccc(Cl)cc2C(F)(F)F)cc(C(=O)N2CCCC2)n1. The Bertz CT molecular complexity index is 835. The Hall–Kier alpha value is -2.35. The van der Waals surface area contributed by atoms with Crippen LogP contribution in [0.2, 0.25) is 5.02 Å². The quantitative estimate of drug-likeness (QED) is 0.850. The summed E-state index contributed by atoms with van der Waals surface area (Å²) < 4.78 is 39.7. The maximum absolute atomic E-state index is 13.2. The number of rotatable bonds is 3. The first-order valence-electron chi connectivity index (χ1n) is 8.03. The molecule has 0 atom stereocenters. The largest absolute Gasteiger partial charge is 0.418 e. The highest BCUT2D eigenvalue weighted by molar-refractivity contribution is 6.30. The van der Waals surface area contributed by atoms with Crippen molar-refractivity contribution in [3.63, 3.8) is 0 Å². The molecule has 0 unspecified atom stereocenters. The number of nitrogens with zero attached hydrogens (tertiary/aromatic N) is 3. The summed E-state index contributed by atoms with van der Waals surface area (Å²) in [5.41, 5.74) is -0.947. The predicted octanol–water partition coefficient (Wildman–Crippen LogP) is 4.44. The van der Waals surface area contributed by atoms with Gasteiger partial charge in [0.15, 0.2) is 0 Å². The maximum atomic E-state index is 13.2. The van der Waals surface area contributed by atoms with Gasteiger partial charge in [0.1, 0.15) is 17.3 Å². The standard InChI is InChI=1S/C17H16ClF3N4O/c1-10-22-14(16(26)25-6-2-3-7-25)9-15(23-10)24-13-5-4-11(18)8-12(13)17(19,20)21/h4-5,8-9H,2-3,6-7H2,1H3,(H,22,23,24). The lowest BCUT2D eigenvalue weighted by molar-refractivity contribution is -0.136. The summed E-state index contributed by atoms with van der Waals surface area (Å²) >= 11 is 5.69. The van der Waals surface area contributed by atoms with Crippen LogP contribution in [0.3, 0.4) is 0 Å². The van der Waals surface area contributed by atoms with Crippen LogP contribution in [-0.2, 0) is 6.18 Å². The molecule has 2 heterocycles. The second-order valence-corrected chi connectivity index (χ2v) is 6.43. The van der Waals surface area contributed by atoms with E-state index in [9.17, 15) is 18.0 Å². The molecule has 1 fully saturated rings. The molecule has 2 aromatic rings. The van der Waals surface area contributed by atoms with Crippen LogP contribution in [0.5, 0.6) is 0 Å². The van der Waals surface area contributed by atoms with Crippen molar-refractivity contribution in [3.05, 3.63) is 46.4 Å². The molecule has 138 valence electrons. The number of alkyl halides is 3. The molecule has 1 saturated heterocycles. The molecule has 0 saturated carbocycles. The number of anilines is 2. The van der Waals surface area contributed by atoms with E-state index in [1.54, 1.807) is 11.8 Å². The highest BCUT2D eigenvalue weighted by atomic mass is 35.5. The first-order valence-corrected chi connectivity index (χ1v) is 8.40. The highest BCUT2D eigenvalue weighted by Gasteiger charge is 2.34. The van der Waals surface area contributed by atoms with Gasteiger partial charge in [-0.3, -0.25) is 4.79 Å². The van der Waals surface area contributed by atoms with E-state index in [1.165, 1.54) is 18.2 Å². The lowest BCUT2D eigenvalue weighted by Gasteiger charge is -2.17. The van der Waals surface area contributed by atoms with Crippen LogP contribution in [0.15, 0.2) is 24.3 Å². The minimum Gasteiger partial charge on any atom is -0.340 e. The minimum absolute atomic E-state index is 0.0216. The number of aromatic nitrogens is 2. The number of carbonyl (C=O) groups excluding carboxylic acids is 1. The Balaban J connectivity index is 1.92. The molecular weight excluding hydrogens is 369 g/mol. The van der Waals surface area contributed by atoms with Gasteiger partial charge in [-0.05, 0) is 38.0 Å². The highest BCUT2D eigenvalue weighted by Crippen LogP contribution is 2.37. The molecule has 9 heteroatoms. The molecule has 1 aliphatic rings. The average Bonchev–Trinajstić information content (AvgIpc) is 3.09. The third-order valence-electron chi connectivity index (χ3n) is 4.00. The molecule has 0 aliphatic carbocycles. The first-order chi connectivity index (χ1) is 12.2. The molecular formula is C17H16ClF3N4O. The summed E-state index contributed by atoms with van der Waals surface area (Å²) in [6.45, 7) is 2.89. The molecule has 1 aromatic carbocycles. The first kappa shape index (κ1) is 18.4. The van der Waals surface area contributed by atoms with Gasteiger partial charge in [0.2, 0.25) is 0 Å². The summed E-state index contributed by atoms with van der Waals surface area (Å²) in [6, 6.07) is 4.78. The zero-order valence-corrected chi connectivity index (χ0v) is 14.7. The number of halogens is 4. The van der Waals surface area contributed by atoms with Crippen molar-refractivity contribution in [2.75, 3.05) is 18.4 Å². The van der Waals surface area contributed by atoms with E-state index in [0.29, 0.717) is 18.9 Å². The number of hydrogen-bond acceptors (Lipinski definition) is 4. The van der Waals surface area contributed by atoms with Crippen molar-refractivity contribution in [2.24, 2.45) is 0 Å². The van der Waals surface area contributed by atoms with Gasteiger partial charge in [-0.1, -0.05) is 11.6 Å². The second kappa shape index (κ2) is 7.11. The predicted molar refractivity (Wildman–Crippen MR) is 91.6 cm³/mol. The van der Waals surface area contributed by atoms with E-state index in [-0.39, 0.29) is 28.1 Å². The Morgan fingerprint density at radius 2 is 1.88 bits per heavy atom. The fourth-order valence-electron chi connectivity index (χ4n) is 2.82. The van der Waals surface area contributed by atoms with E-state index >= 15 is 0 Å². The van der Waals surface area contributed by atoms with Crippen molar-refractivity contribution >= 4 is 29.0 Å². The summed E-state index contributed by atoms with van der Waals surface area (Å²) in [7, 11) is 0. The number of nitrogens with one attached hydrogen (secondary N) is 1. The number of aryl methyl sites for hydroxylation is 1. The second-order valence-electron chi connectivity index (χ2n) is 6.00. The summed E-state index contributed by atoms with van der Waals surface area (Å²) in [6.07, 6.45) is -2.72. The van der Waals surface area contributed by atoms with Crippen LogP contribution in [0, 0.1) is 6.92 Å². The van der Waals surface area contributed by atoms with Gasteiger partial charge in [-0.15, -0.1) is 0 Å². The van der Waals surface area contributed by atoms with Gasteiger partial charge < -0.3 is 10.2 Å². The van der Waals surface area contributed by atoms with Gasteiger partial charge in [0.25, 0.3) is 5.91 Å². The van der Waals surface area contributed by atoms with E-state index in [1.807, 2.05) is 0 Å². The van der Waals surface area contributed by atoms with Crippen molar-refractivity contribution in [2.45, 2.75) is 25.9 Å². The van der Waals surface area contributed by atoms with Crippen LogP contribution < -0.4 is 5.32 Å². The molecule has 0 bridgehead atoms. The molecule has 0 spiro atoms. The summed E-state index contributed by atoms with van der Waals surface area (Å²) in [5.74, 6) is 0.163. The lowest BCUT2D eigenvalue weighted by Crippen LogP contribution is -2.28. The normalized spacial score (nSPS) is 14.6. The average molecular weight is 385 g/mol. The molecule has 3 rings (SSSR count). The summed E-state index contributed by atoms with van der Waals surface area (Å²) in [5, 5.41) is 2.61. The van der Waals surface area contributed by atoms with Crippen molar-refractivity contribution in [3.8, 4) is 0 Å². The summed E-state index contributed by atoms with van der Waals surface area (Å²) in [4.78, 5) is 22.4. The van der Waals surface area contributed by atoms with E-state index in [0.717, 1.165) is 18.9 Å². The monoisotopic (exact) mass is 384 g/mol. The van der Waals surface area contributed by atoms with Gasteiger partial charge in [0, 0.05) is 24.2 Å². The third kappa shape index (κ3) is 4.07. The van der Waals surface area contributed by atoms with Crippen molar-refractivity contribution in [1.29, 1.82) is 0 Å². The number of amides is 1. The van der Waals surface area contributed by atoms with Crippen molar-refractivity contribution in [1.82, 2.24) is 14.9 Å². The number of benzene rings is 1. The number of hydrogen-bond donors (Lipinski definition) is 1. The van der Waals surface area contributed by atoms with Crippen LogP contribution >= 0.6 is 11.6 Å². The third-order valence-corrected chi connectivity index (χ3v) is 4.24. The van der Waals surface area contributed by atoms with Crippen LogP contribution in [0.1, 0.15) is 34.7 Å². The molecule has 1 N–H and O–H groups in total. The zero-order valence-electron chi connectivity index (χ0n) is 13.9. The minimum atomic E-state index is -4.58. The van der Waals surface area contributed by atoms with Gasteiger partial charge in [0.05, 0.1) is 11.3 Å². The fourth-order valence-corrected chi connectivity index (χ4v) is 2.99. The van der Waals surface area contributed by atoms with Crippen LogP contribution in [0.25, 0.3) is 0 Å². The molecule has 26 heavy (non-hydrogen) atoms. The topological polar surface area (TPSA) is 58.1 Å². The van der Waals surface area contributed by atoms with E-state index in [4.69, 9.17) is 11.6 Å². The zero-order chi connectivity index (χ0) is 18.9. The van der Waals surface area contributed by atoms with E-state index in [2.05, 4.69) is 15.3 Å². The fraction of sp³-hybridized carbons (Fsp3) is 0.353. The molecule has 1 amide bonds. The van der Waals surface area contributed by atoms with Gasteiger partial charge in [-0.25, -0.2) is 9.97 Å². The molecule has 5 nitrogen and oxygen atoms in total.